The maximum absolute atomic E-state index is 13.2. The smallest absolute Gasteiger partial charge is 0.323 e. The van der Waals surface area contributed by atoms with Crippen molar-refractivity contribution < 1.29 is 14.4 Å². The number of hydrogen-bond acceptors (Lipinski definition) is 3. The molecule has 6 heteroatoms. The van der Waals surface area contributed by atoms with Crippen molar-refractivity contribution in [2.45, 2.75) is 6.42 Å². The lowest BCUT2D eigenvalue weighted by molar-refractivity contribution is 0.223. The van der Waals surface area contributed by atoms with Crippen molar-refractivity contribution in [2.75, 3.05) is 25.5 Å². The minimum absolute atomic E-state index is 0.181. The first-order valence-corrected chi connectivity index (χ1v) is 5.54. The second-order valence-electron chi connectivity index (χ2n) is 4.29. The number of benzene rings is 1. The summed E-state index contributed by atoms with van der Waals surface area (Å²) in [4.78, 5) is 15.0. The number of urea groups is 1. The molecule has 1 N–H and O–H groups in total. The van der Waals surface area contributed by atoms with Gasteiger partial charge < -0.3 is 10.1 Å². The highest BCUT2D eigenvalue weighted by Crippen LogP contribution is 2.28. The molecule has 18 heavy (non-hydrogen) atoms. The van der Waals surface area contributed by atoms with Crippen molar-refractivity contribution in [3.63, 3.8) is 0 Å². The highest BCUT2D eigenvalue weighted by atomic mass is 19.1. The minimum Gasteiger partial charge on any atom is -0.411 e. The Kier molecular flexibility index (Phi) is 3.18. The van der Waals surface area contributed by atoms with Gasteiger partial charge in [-0.3, -0.25) is 4.90 Å². The summed E-state index contributed by atoms with van der Waals surface area (Å²) in [7, 11) is 3.31. The van der Waals surface area contributed by atoms with Crippen LogP contribution in [0.5, 0.6) is 0 Å². The maximum atomic E-state index is 13.2. The lowest BCUT2D eigenvalue weighted by Gasteiger charge is -2.31. The minimum atomic E-state index is -0.422. The van der Waals surface area contributed by atoms with Gasteiger partial charge in [0, 0.05) is 32.6 Å². The van der Waals surface area contributed by atoms with Gasteiger partial charge in [-0.2, -0.15) is 0 Å². The van der Waals surface area contributed by atoms with Crippen LogP contribution in [0, 0.1) is 5.82 Å². The first-order valence-electron chi connectivity index (χ1n) is 5.54. The van der Waals surface area contributed by atoms with Gasteiger partial charge in [-0.05, 0) is 18.2 Å². The molecule has 2 rings (SSSR count). The van der Waals surface area contributed by atoms with E-state index < -0.39 is 5.82 Å². The molecule has 0 bridgehead atoms. The van der Waals surface area contributed by atoms with Crippen LogP contribution >= 0.6 is 0 Å². The van der Waals surface area contributed by atoms with Gasteiger partial charge in [-0.15, -0.1) is 0 Å². The molecule has 0 unspecified atom stereocenters. The van der Waals surface area contributed by atoms with E-state index in [1.807, 2.05) is 0 Å². The van der Waals surface area contributed by atoms with Gasteiger partial charge in [0.2, 0.25) is 0 Å². The lowest BCUT2D eigenvalue weighted by atomic mass is 9.99. The van der Waals surface area contributed by atoms with E-state index in [-0.39, 0.29) is 6.03 Å². The Morgan fingerprint density at radius 3 is 2.83 bits per heavy atom. The summed E-state index contributed by atoms with van der Waals surface area (Å²) in [5.41, 5.74) is 1.42. The van der Waals surface area contributed by atoms with Crippen LogP contribution in [0.4, 0.5) is 14.9 Å². The van der Waals surface area contributed by atoms with E-state index in [0.717, 1.165) is 0 Å². The Morgan fingerprint density at radius 1 is 1.50 bits per heavy atom. The number of carbonyl (C=O) groups excluding carboxylic acids is 1. The normalized spacial score (nSPS) is 16.6. The molecule has 1 aliphatic rings. The summed E-state index contributed by atoms with van der Waals surface area (Å²) >= 11 is 0. The van der Waals surface area contributed by atoms with E-state index in [1.54, 1.807) is 19.0 Å². The highest BCUT2D eigenvalue weighted by Gasteiger charge is 2.27. The van der Waals surface area contributed by atoms with Gasteiger partial charge in [0.1, 0.15) is 5.82 Å². The zero-order valence-corrected chi connectivity index (χ0v) is 10.2. The van der Waals surface area contributed by atoms with E-state index in [9.17, 15) is 9.18 Å². The zero-order chi connectivity index (χ0) is 13.3. The van der Waals surface area contributed by atoms with E-state index >= 15 is 0 Å². The summed E-state index contributed by atoms with van der Waals surface area (Å²) in [5.74, 6) is -0.422. The summed E-state index contributed by atoms with van der Waals surface area (Å²) < 4.78 is 13.2. The summed E-state index contributed by atoms with van der Waals surface area (Å²) in [6.07, 6.45) is 0.395. The molecule has 0 aliphatic carbocycles. The van der Waals surface area contributed by atoms with Crippen molar-refractivity contribution >= 4 is 17.4 Å². The van der Waals surface area contributed by atoms with Gasteiger partial charge >= 0.3 is 6.03 Å². The third kappa shape index (κ3) is 2.01. The summed E-state index contributed by atoms with van der Waals surface area (Å²) in [6, 6.07) is 3.91. The highest BCUT2D eigenvalue weighted by molar-refractivity contribution is 6.10. The second-order valence-corrected chi connectivity index (χ2v) is 4.29. The molecule has 1 aromatic carbocycles. The van der Waals surface area contributed by atoms with Crippen LogP contribution < -0.4 is 4.90 Å². The number of amides is 2. The first-order chi connectivity index (χ1) is 8.54. The quantitative estimate of drug-likeness (QED) is 0.565. The van der Waals surface area contributed by atoms with Crippen molar-refractivity contribution in [1.29, 1.82) is 0 Å². The number of nitrogens with zero attached hydrogens (tertiary/aromatic N) is 3. The number of fused-ring (bicyclic) bond motifs is 1. The van der Waals surface area contributed by atoms with E-state index in [2.05, 4.69) is 5.16 Å². The molecular weight excluding hydrogens is 237 g/mol. The van der Waals surface area contributed by atoms with Gasteiger partial charge in [0.05, 0.1) is 11.4 Å². The van der Waals surface area contributed by atoms with Crippen LogP contribution in [0.15, 0.2) is 23.4 Å². The Labute approximate surface area is 104 Å². The monoisotopic (exact) mass is 251 g/mol. The molecule has 0 aromatic heterocycles. The number of carbonyl (C=O) groups is 1. The molecule has 0 fully saturated rings. The third-order valence-electron chi connectivity index (χ3n) is 2.87. The Hall–Kier alpha value is -2.11. The number of hydrogen-bond donors (Lipinski definition) is 1. The lowest BCUT2D eigenvalue weighted by Crippen LogP contribution is -2.43. The predicted molar refractivity (Wildman–Crippen MR) is 65.8 cm³/mol. The average Bonchev–Trinajstić information content (AvgIpc) is 2.36. The Bertz CT molecular complexity index is 514. The fraction of sp³-hybridized carbons (Fsp3) is 0.333. The topological polar surface area (TPSA) is 56.1 Å². The van der Waals surface area contributed by atoms with Gasteiger partial charge in [-0.1, -0.05) is 5.16 Å². The molecule has 0 atom stereocenters. The Morgan fingerprint density at radius 2 is 2.22 bits per heavy atom. The molecule has 0 radical (unpaired) electrons. The number of halogens is 1. The molecular formula is C12H14FN3O2. The number of oxime groups is 1. The van der Waals surface area contributed by atoms with Crippen LogP contribution in [0.25, 0.3) is 0 Å². The van der Waals surface area contributed by atoms with Crippen molar-refractivity contribution in [2.24, 2.45) is 5.16 Å². The number of anilines is 1. The van der Waals surface area contributed by atoms with Crippen LogP contribution in [0.2, 0.25) is 0 Å². The number of rotatable bonds is 0. The van der Waals surface area contributed by atoms with Gasteiger partial charge in [0.15, 0.2) is 0 Å². The molecule has 0 saturated carbocycles. The molecule has 2 amide bonds. The standard InChI is InChI=1S/C12H14FN3O2/c1-15(2)12(17)16-6-5-10(14-18)9-7-8(13)3-4-11(9)16/h3-4,7,18H,5-6H2,1-2H3/b14-10+. The molecule has 96 valence electrons. The van der Waals surface area contributed by atoms with Gasteiger partial charge in [0.25, 0.3) is 0 Å². The Balaban J connectivity index is 2.50. The SMILES string of the molecule is CN(C)C(=O)N1CC/C(=N\O)c2cc(F)ccc21. The van der Waals surface area contributed by atoms with Crippen LogP contribution in [0.1, 0.15) is 12.0 Å². The second kappa shape index (κ2) is 4.64. The fourth-order valence-electron chi connectivity index (χ4n) is 1.99. The molecule has 5 nitrogen and oxygen atoms in total. The van der Waals surface area contributed by atoms with Crippen LogP contribution in [0.3, 0.4) is 0 Å². The van der Waals surface area contributed by atoms with Crippen molar-refractivity contribution in [3.05, 3.63) is 29.6 Å². The van der Waals surface area contributed by atoms with E-state index in [1.165, 1.54) is 23.1 Å². The molecule has 1 heterocycles. The average molecular weight is 251 g/mol. The molecule has 0 saturated heterocycles. The fourth-order valence-corrected chi connectivity index (χ4v) is 1.99. The first kappa shape index (κ1) is 12.3. The van der Waals surface area contributed by atoms with Crippen molar-refractivity contribution in [1.82, 2.24) is 4.90 Å². The van der Waals surface area contributed by atoms with E-state index in [0.29, 0.717) is 29.9 Å². The van der Waals surface area contributed by atoms with Crippen molar-refractivity contribution in [3.8, 4) is 0 Å². The molecule has 0 spiro atoms. The summed E-state index contributed by atoms with van der Waals surface area (Å²) in [6.45, 7) is 0.412. The van der Waals surface area contributed by atoms with Crippen LogP contribution in [-0.4, -0.2) is 42.5 Å². The predicted octanol–water partition coefficient (Wildman–Crippen LogP) is 1.90. The van der Waals surface area contributed by atoms with Crippen LogP contribution in [-0.2, 0) is 0 Å². The van der Waals surface area contributed by atoms with Gasteiger partial charge in [-0.25, -0.2) is 9.18 Å². The molecule has 1 aromatic rings. The van der Waals surface area contributed by atoms with E-state index in [4.69, 9.17) is 5.21 Å². The zero-order valence-electron chi connectivity index (χ0n) is 10.2. The third-order valence-corrected chi connectivity index (χ3v) is 2.87. The largest absolute Gasteiger partial charge is 0.411 e. The molecule has 1 aliphatic heterocycles. The summed E-state index contributed by atoms with van der Waals surface area (Å²) in [5, 5.41) is 12.1. The maximum Gasteiger partial charge on any atom is 0.323 e.